The van der Waals surface area contributed by atoms with E-state index in [2.05, 4.69) is 40.5 Å². The van der Waals surface area contributed by atoms with Crippen LogP contribution in [-0.2, 0) is 11.3 Å². The zero-order valence-electron chi connectivity index (χ0n) is 17.7. The lowest BCUT2D eigenvalue weighted by molar-refractivity contribution is -0.147. The summed E-state index contributed by atoms with van der Waals surface area (Å²) < 4.78 is 0. The fourth-order valence-corrected chi connectivity index (χ4v) is 8.38. The summed E-state index contributed by atoms with van der Waals surface area (Å²) in [5.74, 6) is 2.98. The number of amides is 1. The average Bonchev–Trinajstić information content (AvgIpc) is 2.68. The Bertz CT molecular complexity index is 710. The number of hydrogen-bond donors (Lipinski definition) is 1. The molecule has 2 atom stereocenters. The van der Waals surface area contributed by atoms with Gasteiger partial charge in [0, 0.05) is 30.1 Å². The highest BCUT2D eigenvalue weighted by atomic mass is 16.2. The van der Waals surface area contributed by atoms with E-state index in [1.165, 1.54) is 63.4 Å². The van der Waals surface area contributed by atoms with Crippen molar-refractivity contribution in [2.24, 2.45) is 23.2 Å². The summed E-state index contributed by atoms with van der Waals surface area (Å²) >= 11 is 0. The van der Waals surface area contributed by atoms with Gasteiger partial charge in [0.15, 0.2) is 0 Å². The third-order valence-corrected chi connectivity index (χ3v) is 9.19. The highest BCUT2D eigenvalue weighted by Crippen LogP contribution is 2.60. The van der Waals surface area contributed by atoms with Crippen molar-refractivity contribution >= 4 is 5.91 Å². The number of carbonyl (C=O) groups excluding carboxylic acids is 1. The predicted molar refractivity (Wildman–Crippen MR) is 115 cm³/mol. The van der Waals surface area contributed by atoms with Gasteiger partial charge in [0.25, 0.3) is 0 Å². The molecular formula is C26H36N2O. The SMILES string of the molecule is O=C(NC1CC2CCCC(C1)N2Cc1ccccc1)C12CC3CC(CC(C3)C1)C2. The molecule has 4 saturated carbocycles. The second-order valence-electron chi connectivity index (χ2n) is 11.2. The molecule has 1 aromatic rings. The molecule has 2 aliphatic heterocycles. The average molecular weight is 393 g/mol. The molecule has 0 spiro atoms. The molecule has 4 aliphatic carbocycles. The molecular weight excluding hydrogens is 356 g/mol. The highest BCUT2D eigenvalue weighted by molar-refractivity contribution is 5.83. The summed E-state index contributed by atoms with van der Waals surface area (Å²) in [4.78, 5) is 16.3. The van der Waals surface area contributed by atoms with Crippen LogP contribution >= 0.6 is 0 Å². The normalized spacial score (nSPS) is 43.3. The van der Waals surface area contributed by atoms with Gasteiger partial charge in [0.05, 0.1) is 0 Å². The first kappa shape index (κ1) is 18.4. The van der Waals surface area contributed by atoms with Crippen molar-refractivity contribution in [3.8, 4) is 0 Å². The van der Waals surface area contributed by atoms with Gasteiger partial charge in [-0.2, -0.15) is 0 Å². The summed E-state index contributed by atoms with van der Waals surface area (Å²) in [6.45, 7) is 1.08. The standard InChI is InChI=1S/C26H36N2O/c29-25(26-14-19-9-20(15-26)11-21(10-19)16-26)27-22-12-23-7-4-8-24(13-22)28(23)17-18-5-2-1-3-6-18/h1-3,5-6,19-24H,4,7-17H2,(H,27,29). The van der Waals surface area contributed by atoms with E-state index in [-0.39, 0.29) is 5.41 Å². The van der Waals surface area contributed by atoms with E-state index in [0.29, 0.717) is 24.0 Å². The summed E-state index contributed by atoms with van der Waals surface area (Å²) in [7, 11) is 0. The minimum Gasteiger partial charge on any atom is -0.353 e. The molecule has 6 aliphatic rings. The fourth-order valence-electron chi connectivity index (χ4n) is 8.38. The van der Waals surface area contributed by atoms with Crippen LogP contribution in [0, 0.1) is 23.2 Å². The van der Waals surface area contributed by atoms with E-state index < -0.39 is 0 Å². The Morgan fingerprint density at radius 2 is 1.48 bits per heavy atom. The second-order valence-corrected chi connectivity index (χ2v) is 11.2. The topological polar surface area (TPSA) is 32.3 Å². The molecule has 1 aromatic carbocycles. The minimum atomic E-state index is 0.00499. The number of rotatable bonds is 4. The summed E-state index contributed by atoms with van der Waals surface area (Å²) in [5, 5.41) is 3.62. The maximum Gasteiger partial charge on any atom is 0.226 e. The number of carbonyl (C=O) groups is 1. The Morgan fingerprint density at radius 3 is 2.07 bits per heavy atom. The number of nitrogens with zero attached hydrogens (tertiary/aromatic N) is 1. The van der Waals surface area contributed by atoms with Crippen molar-refractivity contribution in [1.29, 1.82) is 0 Å². The van der Waals surface area contributed by atoms with E-state index in [4.69, 9.17) is 0 Å². The van der Waals surface area contributed by atoms with Gasteiger partial charge in [-0.1, -0.05) is 36.8 Å². The smallest absolute Gasteiger partial charge is 0.226 e. The molecule has 0 aromatic heterocycles. The van der Waals surface area contributed by atoms with E-state index >= 15 is 0 Å². The van der Waals surface area contributed by atoms with E-state index in [0.717, 1.165) is 37.1 Å². The summed E-state index contributed by atoms with van der Waals surface area (Å²) in [6, 6.07) is 12.6. The monoisotopic (exact) mass is 392 g/mol. The van der Waals surface area contributed by atoms with Crippen molar-refractivity contribution in [2.75, 3.05) is 0 Å². The first-order chi connectivity index (χ1) is 14.2. The van der Waals surface area contributed by atoms with Crippen LogP contribution in [-0.4, -0.2) is 28.9 Å². The van der Waals surface area contributed by atoms with Gasteiger partial charge >= 0.3 is 0 Å². The lowest BCUT2D eigenvalue weighted by Crippen LogP contribution is -2.60. The largest absolute Gasteiger partial charge is 0.353 e. The van der Waals surface area contributed by atoms with Crippen LogP contribution in [0.4, 0.5) is 0 Å². The molecule has 3 nitrogen and oxygen atoms in total. The molecule has 0 radical (unpaired) electrons. The Labute approximate surface area is 175 Å². The molecule has 3 heteroatoms. The van der Waals surface area contributed by atoms with E-state index in [1.54, 1.807) is 0 Å². The quantitative estimate of drug-likeness (QED) is 0.790. The van der Waals surface area contributed by atoms with Crippen LogP contribution in [0.15, 0.2) is 30.3 Å². The van der Waals surface area contributed by atoms with Crippen molar-refractivity contribution in [3.05, 3.63) is 35.9 Å². The molecule has 7 rings (SSSR count). The van der Waals surface area contributed by atoms with Gasteiger partial charge in [-0.15, -0.1) is 0 Å². The lowest BCUT2D eigenvalue weighted by atomic mass is 9.49. The third kappa shape index (κ3) is 3.34. The molecule has 2 unspecified atom stereocenters. The maximum absolute atomic E-state index is 13.5. The molecule has 156 valence electrons. The Hall–Kier alpha value is -1.35. The van der Waals surface area contributed by atoms with Gasteiger partial charge in [-0.3, -0.25) is 9.69 Å². The highest BCUT2D eigenvalue weighted by Gasteiger charge is 2.55. The van der Waals surface area contributed by atoms with Crippen LogP contribution in [0.1, 0.15) is 76.2 Å². The zero-order chi connectivity index (χ0) is 19.4. The molecule has 6 fully saturated rings. The number of hydrogen-bond acceptors (Lipinski definition) is 2. The third-order valence-electron chi connectivity index (χ3n) is 9.19. The van der Waals surface area contributed by atoms with Crippen LogP contribution in [0.2, 0.25) is 0 Å². The number of piperidine rings is 2. The molecule has 2 saturated heterocycles. The molecule has 2 heterocycles. The Balaban J connectivity index is 1.13. The fraction of sp³-hybridized carbons (Fsp3) is 0.731. The first-order valence-electron chi connectivity index (χ1n) is 12.3. The van der Waals surface area contributed by atoms with E-state index in [9.17, 15) is 4.79 Å². The van der Waals surface area contributed by atoms with Gasteiger partial charge in [0.2, 0.25) is 5.91 Å². The zero-order valence-corrected chi connectivity index (χ0v) is 17.7. The maximum atomic E-state index is 13.5. The molecule has 1 amide bonds. The molecule has 6 bridgehead atoms. The van der Waals surface area contributed by atoms with Crippen LogP contribution in [0.5, 0.6) is 0 Å². The minimum absolute atomic E-state index is 0.00499. The second kappa shape index (κ2) is 7.11. The van der Waals surface area contributed by atoms with Crippen LogP contribution in [0.25, 0.3) is 0 Å². The van der Waals surface area contributed by atoms with Gasteiger partial charge in [0.1, 0.15) is 0 Å². The van der Waals surface area contributed by atoms with Crippen LogP contribution < -0.4 is 5.32 Å². The number of nitrogens with one attached hydrogen (secondary N) is 1. The van der Waals surface area contributed by atoms with Gasteiger partial charge < -0.3 is 5.32 Å². The van der Waals surface area contributed by atoms with Crippen molar-refractivity contribution in [3.63, 3.8) is 0 Å². The van der Waals surface area contributed by atoms with Crippen molar-refractivity contribution < 1.29 is 4.79 Å². The number of benzene rings is 1. The summed E-state index contributed by atoms with van der Waals surface area (Å²) in [6.07, 6.45) is 14.1. The van der Waals surface area contributed by atoms with E-state index in [1.807, 2.05) is 0 Å². The lowest BCUT2D eigenvalue weighted by Gasteiger charge is -2.56. The Kier molecular flexibility index (Phi) is 4.52. The predicted octanol–water partition coefficient (Wildman–Crippen LogP) is 4.90. The van der Waals surface area contributed by atoms with Crippen LogP contribution in [0.3, 0.4) is 0 Å². The Morgan fingerprint density at radius 1 is 0.897 bits per heavy atom. The first-order valence-corrected chi connectivity index (χ1v) is 12.3. The number of fused-ring (bicyclic) bond motifs is 2. The summed E-state index contributed by atoms with van der Waals surface area (Å²) in [5.41, 5.74) is 1.44. The molecule has 1 N–H and O–H groups in total. The molecule has 29 heavy (non-hydrogen) atoms. The van der Waals surface area contributed by atoms with Gasteiger partial charge in [-0.05, 0) is 87.5 Å². The van der Waals surface area contributed by atoms with Crippen molar-refractivity contribution in [2.45, 2.75) is 95.3 Å². The van der Waals surface area contributed by atoms with Crippen molar-refractivity contribution in [1.82, 2.24) is 10.2 Å². The van der Waals surface area contributed by atoms with Gasteiger partial charge in [-0.25, -0.2) is 0 Å².